The minimum absolute atomic E-state index is 0.118. The molecule has 0 saturated carbocycles. The minimum atomic E-state index is -0.649. The van der Waals surface area contributed by atoms with E-state index in [4.69, 9.17) is 4.74 Å². The molecule has 0 spiro atoms. The van der Waals surface area contributed by atoms with Crippen LogP contribution in [0.2, 0.25) is 0 Å². The Labute approximate surface area is 112 Å². The van der Waals surface area contributed by atoms with Crippen LogP contribution in [0.15, 0.2) is 6.07 Å². The van der Waals surface area contributed by atoms with E-state index in [1.54, 1.807) is 40.7 Å². The number of ether oxygens (including phenoxy) is 1. The Bertz CT molecular complexity index is 515. The number of rotatable bonds is 2. The molecule has 0 aliphatic rings. The fraction of sp³-hybridized carbons (Fsp3) is 0.429. The molecule has 0 aliphatic carbocycles. The summed E-state index contributed by atoms with van der Waals surface area (Å²) in [5.74, 6) is -0.118. The Balaban J connectivity index is 3.06. The smallest absolute Gasteiger partial charge is 0.412 e. The lowest BCUT2D eigenvalue weighted by Gasteiger charge is -2.21. The van der Waals surface area contributed by atoms with Gasteiger partial charge in [-0.2, -0.15) is 0 Å². The number of anilines is 1. The first-order valence-corrected chi connectivity index (χ1v) is 5.94. The predicted molar refractivity (Wildman–Crippen MR) is 72.8 cm³/mol. The molecular weight excluding hydrogens is 246 g/mol. The molecule has 0 fully saturated rings. The summed E-state index contributed by atoms with van der Waals surface area (Å²) in [6, 6.07) is 1.61. The molecule has 0 unspecified atom stereocenters. The monoisotopic (exact) mass is 265 g/mol. The summed E-state index contributed by atoms with van der Waals surface area (Å²) in [6.07, 6.45) is 0.0170. The first kappa shape index (κ1) is 15.0. The second kappa shape index (κ2) is 5.30. The Morgan fingerprint density at radius 2 is 1.95 bits per heavy atom. The number of amides is 1. The third kappa shape index (κ3) is 3.71. The number of nitrogens with one attached hydrogen (secondary N) is 1. The third-order valence-electron chi connectivity index (χ3n) is 2.54. The van der Waals surface area contributed by atoms with E-state index in [0.29, 0.717) is 23.0 Å². The highest BCUT2D eigenvalue weighted by Gasteiger charge is 2.19. The Morgan fingerprint density at radius 1 is 1.37 bits per heavy atom. The van der Waals surface area contributed by atoms with Gasteiger partial charge in [-0.05, 0) is 46.2 Å². The van der Waals surface area contributed by atoms with E-state index in [-0.39, 0.29) is 11.4 Å². The largest absolute Gasteiger partial charge is 0.505 e. The molecule has 1 rings (SSSR count). The molecule has 0 aromatic heterocycles. The van der Waals surface area contributed by atoms with Crippen LogP contribution < -0.4 is 5.32 Å². The second-order valence-corrected chi connectivity index (χ2v) is 5.38. The highest BCUT2D eigenvalue weighted by molar-refractivity contribution is 5.91. The minimum Gasteiger partial charge on any atom is -0.505 e. The van der Waals surface area contributed by atoms with Crippen molar-refractivity contribution in [2.45, 2.75) is 40.2 Å². The van der Waals surface area contributed by atoms with Gasteiger partial charge >= 0.3 is 6.09 Å². The molecule has 0 bridgehead atoms. The summed E-state index contributed by atoms with van der Waals surface area (Å²) in [5, 5.41) is 12.5. The number of benzene rings is 1. The van der Waals surface area contributed by atoms with Gasteiger partial charge < -0.3 is 9.84 Å². The van der Waals surface area contributed by atoms with Crippen molar-refractivity contribution in [2.24, 2.45) is 0 Å². The van der Waals surface area contributed by atoms with Gasteiger partial charge in [0.1, 0.15) is 17.6 Å². The number of carbonyl (C=O) groups is 2. The Kier molecular flexibility index (Phi) is 4.19. The van der Waals surface area contributed by atoms with Crippen molar-refractivity contribution >= 4 is 18.1 Å². The van der Waals surface area contributed by atoms with E-state index in [0.717, 1.165) is 0 Å². The van der Waals surface area contributed by atoms with E-state index >= 15 is 0 Å². The lowest BCUT2D eigenvalue weighted by atomic mass is 10.0. The predicted octanol–water partition coefficient (Wildman–Crippen LogP) is 3.17. The quantitative estimate of drug-likeness (QED) is 0.636. The number of phenols is 1. The van der Waals surface area contributed by atoms with Gasteiger partial charge in [-0.15, -0.1) is 0 Å². The van der Waals surface area contributed by atoms with E-state index in [1.807, 2.05) is 0 Å². The molecule has 0 aliphatic heterocycles. The lowest BCUT2D eigenvalue weighted by Crippen LogP contribution is -2.27. The normalized spacial score (nSPS) is 11.0. The summed E-state index contributed by atoms with van der Waals surface area (Å²) in [4.78, 5) is 22.5. The van der Waals surface area contributed by atoms with Crippen LogP contribution in [0.4, 0.5) is 10.5 Å². The number of phenolic OH excluding ortho intramolecular Hbond substituents is 1. The summed E-state index contributed by atoms with van der Waals surface area (Å²) in [6.45, 7) is 8.55. The summed E-state index contributed by atoms with van der Waals surface area (Å²) < 4.78 is 5.12. The van der Waals surface area contributed by atoms with Crippen molar-refractivity contribution < 1.29 is 19.4 Å². The summed E-state index contributed by atoms with van der Waals surface area (Å²) >= 11 is 0. The topological polar surface area (TPSA) is 75.6 Å². The molecule has 1 aromatic carbocycles. The van der Waals surface area contributed by atoms with Gasteiger partial charge in [0.25, 0.3) is 0 Å². The maximum atomic E-state index is 11.7. The number of hydrogen-bond acceptors (Lipinski definition) is 4. The van der Waals surface area contributed by atoms with Crippen LogP contribution in [0.3, 0.4) is 0 Å². The SMILES string of the molecule is Cc1cc(C=O)c(C)c(O)c1NC(=O)OC(C)(C)C. The average molecular weight is 265 g/mol. The zero-order valence-corrected chi connectivity index (χ0v) is 11.8. The van der Waals surface area contributed by atoms with Crippen LogP contribution in [-0.2, 0) is 4.74 Å². The van der Waals surface area contributed by atoms with Crippen LogP contribution >= 0.6 is 0 Å². The van der Waals surface area contributed by atoms with Crippen LogP contribution in [-0.4, -0.2) is 23.1 Å². The Morgan fingerprint density at radius 3 is 2.42 bits per heavy atom. The number of aldehydes is 1. The van der Waals surface area contributed by atoms with Crippen molar-refractivity contribution in [2.75, 3.05) is 5.32 Å². The van der Waals surface area contributed by atoms with Gasteiger partial charge in [-0.25, -0.2) is 4.79 Å². The molecule has 19 heavy (non-hydrogen) atoms. The molecule has 0 radical (unpaired) electrons. The highest BCUT2D eigenvalue weighted by Crippen LogP contribution is 2.33. The first-order valence-electron chi connectivity index (χ1n) is 5.94. The van der Waals surface area contributed by atoms with Gasteiger partial charge in [-0.1, -0.05) is 0 Å². The molecule has 1 amide bonds. The molecular formula is C14H19NO4. The number of aromatic hydroxyl groups is 1. The van der Waals surface area contributed by atoms with Gasteiger partial charge in [0.2, 0.25) is 0 Å². The van der Waals surface area contributed by atoms with Crippen molar-refractivity contribution in [3.05, 3.63) is 22.8 Å². The highest BCUT2D eigenvalue weighted by atomic mass is 16.6. The summed E-state index contributed by atoms with van der Waals surface area (Å²) in [5.41, 5.74) is 1.05. The van der Waals surface area contributed by atoms with Crippen molar-refractivity contribution in [3.8, 4) is 5.75 Å². The fourth-order valence-electron chi connectivity index (χ4n) is 1.61. The van der Waals surface area contributed by atoms with Gasteiger partial charge in [0, 0.05) is 11.1 Å². The van der Waals surface area contributed by atoms with Crippen molar-refractivity contribution in [1.82, 2.24) is 0 Å². The van der Waals surface area contributed by atoms with Crippen LogP contribution in [0.25, 0.3) is 0 Å². The molecule has 5 nitrogen and oxygen atoms in total. The molecule has 1 aromatic rings. The third-order valence-corrected chi connectivity index (χ3v) is 2.54. The average Bonchev–Trinajstić information content (AvgIpc) is 2.27. The maximum absolute atomic E-state index is 11.7. The van der Waals surface area contributed by atoms with Crippen LogP contribution in [0, 0.1) is 13.8 Å². The second-order valence-electron chi connectivity index (χ2n) is 5.38. The van der Waals surface area contributed by atoms with E-state index in [2.05, 4.69) is 5.32 Å². The molecule has 5 heteroatoms. The van der Waals surface area contributed by atoms with E-state index < -0.39 is 11.7 Å². The molecule has 0 atom stereocenters. The van der Waals surface area contributed by atoms with Crippen LogP contribution in [0.1, 0.15) is 42.3 Å². The first-order chi connectivity index (χ1) is 8.65. The molecule has 0 saturated heterocycles. The molecule has 2 N–H and O–H groups in total. The van der Waals surface area contributed by atoms with Crippen molar-refractivity contribution in [1.29, 1.82) is 0 Å². The zero-order valence-electron chi connectivity index (χ0n) is 11.8. The number of hydrogen-bond donors (Lipinski definition) is 2. The van der Waals surface area contributed by atoms with Crippen LogP contribution in [0.5, 0.6) is 5.75 Å². The molecule has 0 heterocycles. The van der Waals surface area contributed by atoms with Gasteiger partial charge in [0.15, 0.2) is 0 Å². The zero-order chi connectivity index (χ0) is 14.8. The molecule has 104 valence electrons. The van der Waals surface area contributed by atoms with Crippen molar-refractivity contribution in [3.63, 3.8) is 0 Å². The lowest BCUT2D eigenvalue weighted by molar-refractivity contribution is 0.0635. The maximum Gasteiger partial charge on any atom is 0.412 e. The van der Waals surface area contributed by atoms with E-state index in [1.165, 1.54) is 0 Å². The van der Waals surface area contributed by atoms with E-state index in [9.17, 15) is 14.7 Å². The standard InChI is InChI=1S/C14H19NO4/c1-8-6-10(7-16)9(2)12(17)11(8)15-13(18)19-14(3,4)5/h6-7,17H,1-5H3,(H,15,18). The van der Waals surface area contributed by atoms with Gasteiger partial charge in [0.05, 0.1) is 5.69 Å². The number of carbonyl (C=O) groups excluding carboxylic acids is 2. The van der Waals surface area contributed by atoms with Gasteiger partial charge in [-0.3, -0.25) is 10.1 Å². The summed E-state index contributed by atoms with van der Waals surface area (Å²) in [7, 11) is 0. The Hall–Kier alpha value is -2.04. The number of aryl methyl sites for hydroxylation is 1. The fourth-order valence-corrected chi connectivity index (χ4v) is 1.61.